The van der Waals surface area contributed by atoms with E-state index in [1.54, 1.807) is 12.0 Å². The van der Waals surface area contributed by atoms with Crippen molar-refractivity contribution in [1.29, 1.82) is 0 Å². The maximum Gasteiger partial charge on any atom is 0.240 e. The average Bonchev–Trinajstić information content (AvgIpc) is 3.40. The number of rotatable bonds is 15. The standard InChI is InChI=1S/C39H60N4O4/c1-8-13-32(24-41(6)7)42(21-28-14-10-9-11-15-28)22-29-16-12-17-30(18-29)23-43-37(36(27(3)45)35(25-44)47-43)38(46)40-34-20-31-19-33(26(34)2)39(31,4)5/h9-12,14-18,26-27,31-37,44-45H,8,13,19-25H2,1-7H3,(H,40,46)/t26-,27-,31+,32-,33-,34-,35-,36+,37-/m0/s1. The zero-order valence-electron chi connectivity index (χ0n) is 29.8. The van der Waals surface area contributed by atoms with Crippen molar-refractivity contribution in [3.05, 3.63) is 71.3 Å². The quantitative estimate of drug-likeness (QED) is 0.248. The number of hydrogen-bond donors (Lipinski definition) is 3. The molecule has 4 aliphatic rings. The van der Waals surface area contributed by atoms with E-state index in [0.29, 0.717) is 35.8 Å². The molecule has 0 radical (unpaired) electrons. The van der Waals surface area contributed by atoms with Crippen LogP contribution in [0.25, 0.3) is 0 Å². The largest absolute Gasteiger partial charge is 0.394 e. The van der Waals surface area contributed by atoms with Crippen LogP contribution in [0.5, 0.6) is 0 Å². The van der Waals surface area contributed by atoms with Crippen molar-refractivity contribution in [3.63, 3.8) is 0 Å². The predicted molar refractivity (Wildman–Crippen MR) is 187 cm³/mol. The number of likely N-dealkylation sites (N-methyl/N-ethyl adjacent to an activating group) is 1. The van der Waals surface area contributed by atoms with Crippen LogP contribution in [0.15, 0.2) is 54.6 Å². The van der Waals surface area contributed by atoms with Crippen LogP contribution in [0.1, 0.15) is 77.0 Å². The van der Waals surface area contributed by atoms with Crippen molar-refractivity contribution in [2.75, 3.05) is 27.2 Å². The molecule has 4 fully saturated rings. The Morgan fingerprint density at radius 3 is 2.36 bits per heavy atom. The first-order chi connectivity index (χ1) is 22.4. The lowest BCUT2D eigenvalue weighted by Gasteiger charge is -2.62. The second kappa shape index (κ2) is 15.5. The highest BCUT2D eigenvalue weighted by Gasteiger charge is 2.57. The SMILES string of the molecule is CCC[C@@H](CN(C)C)N(Cc1ccccc1)Cc1cccc(CN2O[C@@H](CO)[C@@H]([C@H](C)O)[C@H]2C(=O)N[C@H]2C[C@H]3C[C@@H]([C@@H]2C)C3(C)C)c1. The molecule has 8 nitrogen and oxygen atoms in total. The zero-order valence-corrected chi connectivity index (χ0v) is 29.8. The van der Waals surface area contributed by atoms with Gasteiger partial charge in [-0.1, -0.05) is 88.7 Å². The van der Waals surface area contributed by atoms with Gasteiger partial charge in [-0.05, 0) is 80.1 Å². The van der Waals surface area contributed by atoms with Crippen LogP contribution in [-0.4, -0.2) is 88.6 Å². The maximum atomic E-state index is 14.1. The van der Waals surface area contributed by atoms with Gasteiger partial charge in [0.15, 0.2) is 0 Å². The Bertz CT molecular complexity index is 1300. The minimum atomic E-state index is -0.811. The highest BCUT2D eigenvalue weighted by Crippen LogP contribution is 2.61. The molecule has 0 aromatic heterocycles. The normalized spacial score (nSPS) is 29.9. The Kier molecular flexibility index (Phi) is 11.8. The Morgan fingerprint density at radius 1 is 1.06 bits per heavy atom. The first-order valence-corrected chi connectivity index (χ1v) is 18.0. The molecule has 260 valence electrons. The first-order valence-electron chi connectivity index (χ1n) is 18.0. The summed E-state index contributed by atoms with van der Waals surface area (Å²) in [4.78, 5) is 25.2. The molecule has 3 N–H and O–H groups in total. The van der Waals surface area contributed by atoms with Gasteiger partial charge in [0.05, 0.1) is 19.3 Å². The van der Waals surface area contributed by atoms with Crippen molar-refractivity contribution in [2.24, 2.45) is 29.1 Å². The topological polar surface area (TPSA) is 88.5 Å². The molecular formula is C39H60N4O4. The lowest BCUT2D eigenvalue weighted by molar-refractivity contribution is -0.183. The van der Waals surface area contributed by atoms with E-state index in [0.717, 1.165) is 44.5 Å². The second-order valence-corrected chi connectivity index (χ2v) is 15.7. The monoisotopic (exact) mass is 648 g/mol. The second-order valence-electron chi connectivity index (χ2n) is 15.7. The number of nitrogens with one attached hydrogen (secondary N) is 1. The van der Waals surface area contributed by atoms with Gasteiger partial charge in [-0.25, -0.2) is 0 Å². The van der Waals surface area contributed by atoms with Crippen molar-refractivity contribution in [3.8, 4) is 0 Å². The van der Waals surface area contributed by atoms with Crippen LogP contribution in [0.3, 0.4) is 0 Å². The maximum absolute atomic E-state index is 14.1. The van der Waals surface area contributed by atoms with Crippen molar-refractivity contribution >= 4 is 5.91 Å². The van der Waals surface area contributed by atoms with E-state index in [1.807, 2.05) is 0 Å². The first kappa shape index (κ1) is 36.0. The number of benzene rings is 2. The van der Waals surface area contributed by atoms with E-state index >= 15 is 0 Å². The van der Waals surface area contributed by atoms with Crippen molar-refractivity contribution in [1.82, 2.24) is 20.2 Å². The van der Waals surface area contributed by atoms with Crippen LogP contribution in [0, 0.1) is 29.1 Å². The summed E-state index contributed by atoms with van der Waals surface area (Å²) >= 11 is 0. The molecule has 47 heavy (non-hydrogen) atoms. The molecule has 1 saturated heterocycles. The summed E-state index contributed by atoms with van der Waals surface area (Å²) in [7, 11) is 4.29. The Balaban J connectivity index is 1.34. The van der Waals surface area contributed by atoms with E-state index in [4.69, 9.17) is 4.84 Å². The van der Waals surface area contributed by atoms with E-state index in [9.17, 15) is 15.0 Å². The number of fused-ring (bicyclic) bond motifs is 2. The molecule has 2 bridgehead atoms. The van der Waals surface area contributed by atoms with Gasteiger partial charge >= 0.3 is 0 Å². The molecule has 1 heterocycles. The lowest BCUT2D eigenvalue weighted by atomic mass is 9.45. The minimum Gasteiger partial charge on any atom is -0.394 e. The van der Waals surface area contributed by atoms with E-state index in [2.05, 4.69) is 112 Å². The summed E-state index contributed by atoms with van der Waals surface area (Å²) in [5.74, 6) is 0.989. The van der Waals surface area contributed by atoms with Gasteiger partial charge in [0.1, 0.15) is 12.1 Å². The number of carbonyl (C=O) groups is 1. The molecule has 8 heteroatoms. The lowest BCUT2D eigenvalue weighted by Crippen LogP contribution is -2.62. The van der Waals surface area contributed by atoms with Gasteiger partial charge in [0, 0.05) is 37.6 Å². The number of hydroxylamine groups is 2. The Labute approximate surface area is 283 Å². The highest BCUT2D eigenvalue weighted by molar-refractivity contribution is 5.82. The molecule has 0 unspecified atom stereocenters. The summed E-state index contributed by atoms with van der Waals surface area (Å²) < 4.78 is 0. The van der Waals surface area contributed by atoms with Crippen molar-refractivity contribution in [2.45, 2.75) is 110 Å². The number of nitrogens with zero attached hydrogens (tertiary/aromatic N) is 3. The molecular weight excluding hydrogens is 588 g/mol. The van der Waals surface area contributed by atoms with Gasteiger partial charge < -0.3 is 20.4 Å². The molecule has 9 atom stereocenters. The van der Waals surface area contributed by atoms with Crippen LogP contribution >= 0.6 is 0 Å². The molecule has 0 spiro atoms. The van der Waals surface area contributed by atoms with Gasteiger partial charge in [0.25, 0.3) is 0 Å². The number of aliphatic hydroxyl groups is 2. The molecule has 6 rings (SSSR count). The fourth-order valence-electron chi connectivity index (χ4n) is 9.00. The summed E-state index contributed by atoms with van der Waals surface area (Å²) in [6.45, 7) is 13.7. The molecule has 2 aromatic carbocycles. The number of hydrogen-bond acceptors (Lipinski definition) is 7. The Hall–Kier alpha value is -2.33. The summed E-state index contributed by atoms with van der Waals surface area (Å²) in [6.07, 6.45) is 3.01. The third kappa shape index (κ3) is 8.11. The summed E-state index contributed by atoms with van der Waals surface area (Å²) in [5.41, 5.74) is 3.88. The average molecular weight is 649 g/mol. The number of aliphatic hydroxyl groups excluding tert-OH is 2. The Morgan fingerprint density at radius 2 is 1.74 bits per heavy atom. The van der Waals surface area contributed by atoms with Gasteiger partial charge in [0.2, 0.25) is 5.91 Å². The van der Waals surface area contributed by atoms with Crippen molar-refractivity contribution < 1.29 is 19.8 Å². The minimum absolute atomic E-state index is 0.112. The summed E-state index contributed by atoms with van der Waals surface area (Å²) in [6, 6.07) is 19.1. The van der Waals surface area contributed by atoms with Crippen LogP contribution in [-0.2, 0) is 29.3 Å². The van der Waals surface area contributed by atoms with E-state index < -0.39 is 24.2 Å². The number of carbonyl (C=O) groups excluding carboxylic acids is 1. The van der Waals surface area contributed by atoms with Gasteiger partial charge in [-0.15, -0.1) is 0 Å². The van der Waals surface area contributed by atoms with Gasteiger partial charge in [-0.2, -0.15) is 5.06 Å². The zero-order chi connectivity index (χ0) is 33.9. The third-order valence-electron chi connectivity index (χ3n) is 11.7. The fourth-order valence-corrected chi connectivity index (χ4v) is 9.00. The molecule has 3 aliphatic carbocycles. The van der Waals surface area contributed by atoms with Crippen LogP contribution < -0.4 is 5.32 Å². The van der Waals surface area contributed by atoms with E-state index in [1.165, 1.54) is 17.5 Å². The summed E-state index contributed by atoms with van der Waals surface area (Å²) in [5, 5.41) is 26.2. The molecule has 2 aromatic rings. The molecule has 1 amide bonds. The smallest absolute Gasteiger partial charge is 0.240 e. The highest BCUT2D eigenvalue weighted by atomic mass is 16.7. The predicted octanol–water partition coefficient (Wildman–Crippen LogP) is 5.08. The molecule has 1 aliphatic heterocycles. The fraction of sp³-hybridized carbons (Fsp3) is 0.667. The van der Waals surface area contributed by atoms with Crippen LogP contribution in [0.2, 0.25) is 0 Å². The van der Waals surface area contributed by atoms with Crippen LogP contribution in [0.4, 0.5) is 0 Å². The number of amides is 1. The van der Waals surface area contributed by atoms with Gasteiger partial charge in [-0.3, -0.25) is 14.5 Å². The molecule has 3 saturated carbocycles. The van der Waals surface area contributed by atoms with E-state index in [-0.39, 0.29) is 18.6 Å². The third-order valence-corrected chi connectivity index (χ3v) is 11.7.